The van der Waals surface area contributed by atoms with Gasteiger partial charge in [0, 0.05) is 21.7 Å². The molecule has 5 heteroatoms. The third-order valence-corrected chi connectivity index (χ3v) is 3.94. The van der Waals surface area contributed by atoms with E-state index in [2.05, 4.69) is 42.5 Å². The Labute approximate surface area is 140 Å². The third kappa shape index (κ3) is 5.36. The lowest BCUT2D eigenvalue weighted by atomic mass is 10.2. The highest BCUT2D eigenvalue weighted by molar-refractivity contribution is 9.10. The Morgan fingerprint density at radius 1 is 1.10 bits per heavy atom. The number of urea groups is 1. The number of nitrogens with one attached hydrogen (secondary N) is 2. The Morgan fingerprint density at radius 2 is 1.90 bits per heavy atom. The van der Waals surface area contributed by atoms with Gasteiger partial charge in [0.2, 0.25) is 0 Å². The molecule has 0 aliphatic rings. The summed E-state index contributed by atoms with van der Waals surface area (Å²) in [7, 11) is 0. The lowest BCUT2D eigenvalue weighted by Crippen LogP contribution is -2.31. The van der Waals surface area contributed by atoms with Crippen LogP contribution in [0.3, 0.4) is 0 Å². The van der Waals surface area contributed by atoms with Gasteiger partial charge < -0.3 is 10.6 Å². The first-order chi connectivity index (χ1) is 10.1. The quantitative estimate of drug-likeness (QED) is 0.756. The van der Waals surface area contributed by atoms with Crippen LogP contribution in [0.4, 0.5) is 4.79 Å². The number of carbonyl (C=O) groups excluding carboxylic acids is 1. The van der Waals surface area contributed by atoms with Crippen molar-refractivity contribution in [3.63, 3.8) is 0 Å². The molecule has 2 aromatic carbocycles. The number of hydrogen-bond acceptors (Lipinski definition) is 1. The number of amides is 2. The fourth-order valence-corrected chi connectivity index (χ4v) is 2.56. The molecule has 0 bridgehead atoms. The Bertz CT molecular complexity index is 656. The van der Waals surface area contributed by atoms with Gasteiger partial charge in [0.15, 0.2) is 0 Å². The fraction of sp³-hybridized carbons (Fsp3) is 0.0625. The van der Waals surface area contributed by atoms with Crippen molar-refractivity contribution in [2.24, 2.45) is 0 Å². The van der Waals surface area contributed by atoms with Crippen molar-refractivity contribution >= 4 is 44.0 Å². The molecule has 0 aliphatic heterocycles. The number of hydrogen-bond donors (Lipinski definition) is 2. The van der Waals surface area contributed by atoms with Crippen LogP contribution in [0.1, 0.15) is 11.1 Å². The van der Waals surface area contributed by atoms with E-state index in [-0.39, 0.29) is 6.03 Å². The molecule has 3 nitrogen and oxygen atoms in total. The van der Waals surface area contributed by atoms with E-state index in [1.54, 1.807) is 6.20 Å². The van der Waals surface area contributed by atoms with E-state index in [1.165, 1.54) is 0 Å². The molecule has 2 N–H and O–H groups in total. The summed E-state index contributed by atoms with van der Waals surface area (Å²) >= 11 is 6.85. The van der Waals surface area contributed by atoms with Crippen LogP contribution in [0.2, 0.25) is 0 Å². The van der Waals surface area contributed by atoms with E-state index >= 15 is 0 Å². The largest absolute Gasteiger partial charge is 0.334 e. The second-order valence-electron chi connectivity index (χ2n) is 4.31. The van der Waals surface area contributed by atoms with Gasteiger partial charge in [-0.1, -0.05) is 62.2 Å². The summed E-state index contributed by atoms with van der Waals surface area (Å²) in [4.78, 5) is 11.7. The first-order valence-corrected chi connectivity index (χ1v) is 7.93. The molecular formula is C16H14Br2N2O. The Kier molecular flexibility index (Phi) is 6.02. The molecule has 0 aliphatic carbocycles. The topological polar surface area (TPSA) is 41.1 Å². The zero-order valence-electron chi connectivity index (χ0n) is 11.1. The van der Waals surface area contributed by atoms with Crippen LogP contribution in [0.5, 0.6) is 0 Å². The third-order valence-electron chi connectivity index (χ3n) is 2.72. The molecule has 0 aromatic heterocycles. The van der Waals surface area contributed by atoms with Crippen molar-refractivity contribution in [3.8, 4) is 0 Å². The molecule has 0 spiro atoms. The summed E-state index contributed by atoms with van der Waals surface area (Å²) in [6.07, 6.45) is 3.46. The van der Waals surface area contributed by atoms with Gasteiger partial charge in [0.25, 0.3) is 0 Å². The molecule has 21 heavy (non-hydrogen) atoms. The Morgan fingerprint density at radius 3 is 2.67 bits per heavy atom. The summed E-state index contributed by atoms with van der Waals surface area (Å²) in [5.41, 5.74) is 2.04. The minimum Gasteiger partial charge on any atom is -0.334 e. The summed E-state index contributed by atoms with van der Waals surface area (Å²) < 4.78 is 1.98. The lowest BCUT2D eigenvalue weighted by molar-refractivity contribution is 0.244. The highest BCUT2D eigenvalue weighted by Crippen LogP contribution is 2.16. The second kappa shape index (κ2) is 8.00. The van der Waals surface area contributed by atoms with E-state index in [4.69, 9.17) is 0 Å². The second-order valence-corrected chi connectivity index (χ2v) is 6.08. The minimum atomic E-state index is -0.238. The maximum atomic E-state index is 11.7. The molecule has 0 unspecified atom stereocenters. The van der Waals surface area contributed by atoms with Gasteiger partial charge in [-0.2, -0.15) is 0 Å². The van der Waals surface area contributed by atoms with E-state index in [9.17, 15) is 4.79 Å². The standard InChI is InChI=1S/C16H14Br2N2O/c17-14-6-3-4-12(10-14)11-20-16(21)19-9-8-13-5-1-2-7-15(13)18/h1-10H,11H2,(H2,19,20,21)/b9-8+. The zero-order chi connectivity index (χ0) is 15.1. The smallest absolute Gasteiger partial charge is 0.319 e. The molecule has 2 amide bonds. The molecule has 0 saturated carbocycles. The summed E-state index contributed by atoms with van der Waals surface area (Å²) in [6, 6.07) is 15.4. The fourth-order valence-electron chi connectivity index (χ4n) is 1.70. The highest BCUT2D eigenvalue weighted by Gasteiger charge is 1.99. The zero-order valence-corrected chi connectivity index (χ0v) is 14.3. The van der Waals surface area contributed by atoms with Gasteiger partial charge in [-0.05, 0) is 35.4 Å². The van der Waals surface area contributed by atoms with Gasteiger partial charge >= 0.3 is 6.03 Å². The average Bonchev–Trinajstić information content (AvgIpc) is 2.47. The number of halogens is 2. The Balaban J connectivity index is 1.81. The molecule has 0 atom stereocenters. The van der Waals surface area contributed by atoms with Crippen molar-refractivity contribution < 1.29 is 4.79 Å². The predicted octanol–water partition coefficient (Wildman–Crippen LogP) is 4.68. The Hall–Kier alpha value is -1.59. The van der Waals surface area contributed by atoms with Crippen molar-refractivity contribution in [1.29, 1.82) is 0 Å². The normalized spacial score (nSPS) is 10.6. The van der Waals surface area contributed by atoms with E-state index in [0.717, 1.165) is 20.1 Å². The summed E-state index contributed by atoms with van der Waals surface area (Å²) in [5.74, 6) is 0. The molecule has 108 valence electrons. The first-order valence-electron chi connectivity index (χ1n) is 6.35. The molecular weight excluding hydrogens is 396 g/mol. The lowest BCUT2D eigenvalue weighted by Gasteiger charge is -2.05. The molecule has 2 aromatic rings. The molecule has 0 saturated heterocycles. The van der Waals surface area contributed by atoms with E-state index < -0.39 is 0 Å². The van der Waals surface area contributed by atoms with Crippen molar-refractivity contribution in [3.05, 3.63) is 74.8 Å². The molecule has 0 radical (unpaired) electrons. The van der Waals surface area contributed by atoms with Gasteiger partial charge in [-0.3, -0.25) is 0 Å². The van der Waals surface area contributed by atoms with Gasteiger partial charge in [0.05, 0.1) is 0 Å². The molecule has 2 rings (SSSR count). The SMILES string of the molecule is O=C(N/C=C/c1ccccc1Br)NCc1cccc(Br)c1. The maximum Gasteiger partial charge on any atom is 0.319 e. The highest BCUT2D eigenvalue weighted by atomic mass is 79.9. The molecule has 0 fully saturated rings. The van der Waals surface area contributed by atoms with Gasteiger partial charge in [-0.15, -0.1) is 0 Å². The van der Waals surface area contributed by atoms with Gasteiger partial charge in [-0.25, -0.2) is 4.79 Å². The maximum absolute atomic E-state index is 11.7. The molecule has 0 heterocycles. The average molecular weight is 410 g/mol. The number of benzene rings is 2. The van der Waals surface area contributed by atoms with Crippen LogP contribution >= 0.6 is 31.9 Å². The van der Waals surface area contributed by atoms with Crippen LogP contribution in [0.25, 0.3) is 6.08 Å². The van der Waals surface area contributed by atoms with Gasteiger partial charge in [0.1, 0.15) is 0 Å². The summed E-state index contributed by atoms with van der Waals surface area (Å²) in [5, 5.41) is 5.47. The van der Waals surface area contributed by atoms with Crippen LogP contribution in [-0.4, -0.2) is 6.03 Å². The van der Waals surface area contributed by atoms with E-state index in [0.29, 0.717) is 6.54 Å². The van der Waals surface area contributed by atoms with E-state index in [1.807, 2.05) is 54.6 Å². The monoisotopic (exact) mass is 408 g/mol. The number of carbonyl (C=O) groups is 1. The van der Waals surface area contributed by atoms with Crippen LogP contribution in [-0.2, 0) is 6.54 Å². The van der Waals surface area contributed by atoms with Crippen molar-refractivity contribution in [2.45, 2.75) is 6.54 Å². The predicted molar refractivity (Wildman–Crippen MR) is 92.7 cm³/mol. The minimum absolute atomic E-state index is 0.238. The van der Waals surface area contributed by atoms with Crippen LogP contribution in [0, 0.1) is 0 Å². The first kappa shape index (κ1) is 15.8. The number of rotatable bonds is 4. The van der Waals surface area contributed by atoms with Crippen LogP contribution < -0.4 is 10.6 Å². The van der Waals surface area contributed by atoms with Crippen LogP contribution in [0.15, 0.2) is 63.7 Å². The van der Waals surface area contributed by atoms with Crippen molar-refractivity contribution in [1.82, 2.24) is 10.6 Å². The summed E-state index contributed by atoms with van der Waals surface area (Å²) in [6.45, 7) is 0.480. The van der Waals surface area contributed by atoms with Crippen molar-refractivity contribution in [2.75, 3.05) is 0 Å².